The maximum absolute atomic E-state index is 12.6. The molecule has 0 bridgehead atoms. The van der Waals surface area contributed by atoms with Crippen molar-refractivity contribution >= 4 is 12.2 Å². The van der Waals surface area contributed by atoms with E-state index < -0.39 is 34.8 Å². The number of carbonyl (C=O) groups is 2. The number of hydrogen-bond donors (Lipinski definition) is 2. The van der Waals surface area contributed by atoms with Gasteiger partial charge in [0.15, 0.2) is 11.2 Å². The Kier molecular flexibility index (Phi) is 7.77. The molecule has 2 amide bonds. The molecule has 2 aliphatic heterocycles. The second-order valence-corrected chi connectivity index (χ2v) is 11.3. The van der Waals surface area contributed by atoms with Crippen molar-refractivity contribution in [2.24, 2.45) is 0 Å². The highest BCUT2D eigenvalue weighted by atomic mass is 16.6. The Bertz CT molecular complexity index is 1030. The molecule has 0 saturated carbocycles. The predicted molar refractivity (Wildman–Crippen MR) is 143 cm³/mol. The Morgan fingerprint density at radius 1 is 0.579 bits per heavy atom. The minimum atomic E-state index is -1.53. The lowest BCUT2D eigenvalue weighted by Gasteiger charge is -2.38. The Labute approximate surface area is 225 Å². The Hall–Kier alpha value is -3.10. The zero-order valence-electron chi connectivity index (χ0n) is 22.9. The van der Waals surface area contributed by atoms with Crippen LogP contribution in [0.25, 0.3) is 0 Å². The molecule has 0 spiro atoms. The van der Waals surface area contributed by atoms with E-state index in [1.165, 1.54) is 9.80 Å². The highest BCUT2D eigenvalue weighted by molar-refractivity contribution is 5.73. The number of aliphatic hydroxyl groups is 2. The summed E-state index contributed by atoms with van der Waals surface area (Å²) < 4.78 is 11.1. The van der Waals surface area contributed by atoms with Gasteiger partial charge in [-0.1, -0.05) is 86.3 Å². The normalized spacial score (nSPS) is 25.9. The number of hydrogen-bond acceptors (Lipinski definition) is 6. The molecule has 0 radical (unpaired) electrons. The van der Waals surface area contributed by atoms with Crippen LogP contribution in [-0.2, 0) is 20.9 Å². The van der Waals surface area contributed by atoms with Gasteiger partial charge in [0.2, 0.25) is 11.4 Å². The second kappa shape index (κ2) is 10.6. The standard InChI is InChI=1S/C30H40N2O6/c1-27(2)29(35,23-17-11-9-12-18-23)31(25(33)37-27)21-15-7-5-6-8-16-22-32-26(34)38-28(3,4)30(32,36)24-19-13-10-14-20-24/h9-14,17-20,35-36H,5-8,15-16,21-22H2,1-4H3. The molecular formula is C30H40N2O6. The summed E-state index contributed by atoms with van der Waals surface area (Å²) in [5, 5.41) is 23.2. The predicted octanol–water partition coefficient (Wildman–Crippen LogP) is 5.48. The molecule has 38 heavy (non-hydrogen) atoms. The minimum absolute atomic E-state index is 0.395. The van der Waals surface area contributed by atoms with E-state index in [1.54, 1.807) is 27.7 Å². The largest absolute Gasteiger partial charge is 0.438 e. The first kappa shape index (κ1) is 27.9. The summed E-state index contributed by atoms with van der Waals surface area (Å²) >= 11 is 0. The Morgan fingerprint density at radius 2 is 0.895 bits per heavy atom. The summed E-state index contributed by atoms with van der Waals surface area (Å²) in [5.74, 6) is 0. The van der Waals surface area contributed by atoms with E-state index in [-0.39, 0.29) is 0 Å². The lowest BCUT2D eigenvalue weighted by atomic mass is 9.87. The summed E-state index contributed by atoms with van der Waals surface area (Å²) in [6.45, 7) is 7.71. The van der Waals surface area contributed by atoms with Crippen LogP contribution >= 0.6 is 0 Å². The average Bonchev–Trinajstić information content (AvgIpc) is 3.18. The lowest BCUT2D eigenvalue weighted by molar-refractivity contribution is -0.149. The Morgan fingerprint density at radius 3 is 1.24 bits per heavy atom. The molecule has 2 fully saturated rings. The molecule has 2 aromatic carbocycles. The molecule has 2 heterocycles. The van der Waals surface area contributed by atoms with Gasteiger partial charge in [-0.3, -0.25) is 9.80 Å². The summed E-state index contributed by atoms with van der Waals surface area (Å²) in [6.07, 6.45) is 4.15. The number of amides is 2. The molecule has 8 heteroatoms. The zero-order valence-corrected chi connectivity index (χ0v) is 22.9. The van der Waals surface area contributed by atoms with Crippen LogP contribution in [0, 0.1) is 0 Å². The summed E-state index contributed by atoms with van der Waals surface area (Å²) in [6, 6.07) is 18.4. The first-order valence-corrected chi connectivity index (χ1v) is 13.5. The maximum atomic E-state index is 12.6. The smallest absolute Gasteiger partial charge is 0.413 e. The van der Waals surface area contributed by atoms with Crippen molar-refractivity contribution in [2.75, 3.05) is 13.1 Å². The molecule has 2 N–H and O–H groups in total. The first-order valence-electron chi connectivity index (χ1n) is 13.5. The molecule has 2 unspecified atom stereocenters. The fraction of sp³-hybridized carbons (Fsp3) is 0.533. The van der Waals surface area contributed by atoms with Gasteiger partial charge in [-0.15, -0.1) is 0 Å². The van der Waals surface area contributed by atoms with Crippen LogP contribution in [0.5, 0.6) is 0 Å². The summed E-state index contributed by atoms with van der Waals surface area (Å²) in [4.78, 5) is 28.1. The summed E-state index contributed by atoms with van der Waals surface area (Å²) in [5.41, 5.74) is -3.93. The van der Waals surface area contributed by atoms with Gasteiger partial charge < -0.3 is 19.7 Å². The minimum Gasteiger partial charge on any atom is -0.438 e. The van der Waals surface area contributed by atoms with Crippen molar-refractivity contribution in [3.8, 4) is 0 Å². The van der Waals surface area contributed by atoms with Crippen molar-refractivity contribution in [1.82, 2.24) is 9.80 Å². The summed E-state index contributed by atoms with van der Waals surface area (Å²) in [7, 11) is 0. The second-order valence-electron chi connectivity index (χ2n) is 11.3. The highest BCUT2D eigenvalue weighted by Crippen LogP contribution is 2.46. The van der Waals surface area contributed by atoms with Gasteiger partial charge in [-0.05, 0) is 40.5 Å². The topological polar surface area (TPSA) is 99.5 Å². The molecule has 4 rings (SSSR count). The van der Waals surface area contributed by atoms with Crippen LogP contribution in [0.3, 0.4) is 0 Å². The molecular weight excluding hydrogens is 484 g/mol. The van der Waals surface area contributed by atoms with E-state index in [2.05, 4.69) is 0 Å². The number of rotatable bonds is 11. The van der Waals surface area contributed by atoms with Crippen LogP contribution in [0.4, 0.5) is 9.59 Å². The van der Waals surface area contributed by atoms with E-state index in [4.69, 9.17) is 9.47 Å². The van der Waals surface area contributed by atoms with E-state index in [0.717, 1.165) is 38.5 Å². The van der Waals surface area contributed by atoms with E-state index >= 15 is 0 Å². The molecule has 2 atom stereocenters. The highest BCUT2D eigenvalue weighted by Gasteiger charge is 2.61. The van der Waals surface area contributed by atoms with Crippen molar-refractivity contribution in [1.29, 1.82) is 0 Å². The van der Waals surface area contributed by atoms with Crippen LogP contribution in [-0.4, -0.2) is 56.5 Å². The third kappa shape index (κ3) is 4.76. The average molecular weight is 525 g/mol. The van der Waals surface area contributed by atoms with Gasteiger partial charge in [-0.25, -0.2) is 9.59 Å². The van der Waals surface area contributed by atoms with Gasteiger partial charge in [-0.2, -0.15) is 0 Å². The molecule has 206 valence electrons. The van der Waals surface area contributed by atoms with Gasteiger partial charge >= 0.3 is 12.2 Å². The van der Waals surface area contributed by atoms with Crippen LogP contribution in [0.1, 0.15) is 77.3 Å². The van der Waals surface area contributed by atoms with Crippen molar-refractivity contribution in [2.45, 2.75) is 88.9 Å². The fourth-order valence-electron chi connectivity index (χ4n) is 5.70. The van der Waals surface area contributed by atoms with Gasteiger partial charge in [0.05, 0.1) is 0 Å². The quantitative estimate of drug-likeness (QED) is 0.378. The number of unbranched alkanes of at least 4 members (excludes halogenated alkanes) is 5. The Balaban J connectivity index is 1.25. The molecule has 8 nitrogen and oxygen atoms in total. The van der Waals surface area contributed by atoms with Crippen molar-refractivity contribution in [3.05, 3.63) is 71.8 Å². The SMILES string of the molecule is CC1(C)OC(=O)N(CCCCCCCCN2C(=O)OC(C)(C)C2(O)c2ccccc2)C1(O)c1ccccc1. The zero-order chi connectivity index (χ0) is 27.6. The first-order chi connectivity index (χ1) is 17.9. The number of cyclic esters (lactones) is 2. The van der Waals surface area contributed by atoms with Crippen molar-refractivity contribution in [3.63, 3.8) is 0 Å². The fourth-order valence-corrected chi connectivity index (χ4v) is 5.70. The van der Waals surface area contributed by atoms with E-state index in [1.807, 2.05) is 60.7 Å². The van der Waals surface area contributed by atoms with E-state index in [0.29, 0.717) is 24.2 Å². The lowest BCUT2D eigenvalue weighted by Crippen LogP contribution is -2.53. The number of ether oxygens (including phenoxy) is 2. The van der Waals surface area contributed by atoms with Gasteiger partial charge in [0, 0.05) is 24.2 Å². The number of benzene rings is 2. The van der Waals surface area contributed by atoms with E-state index in [9.17, 15) is 19.8 Å². The number of carbonyl (C=O) groups excluding carboxylic acids is 2. The third-order valence-electron chi connectivity index (χ3n) is 7.95. The molecule has 2 aromatic rings. The van der Waals surface area contributed by atoms with Crippen LogP contribution in [0.15, 0.2) is 60.7 Å². The molecule has 2 aliphatic rings. The van der Waals surface area contributed by atoms with Crippen LogP contribution in [0.2, 0.25) is 0 Å². The van der Waals surface area contributed by atoms with Gasteiger partial charge in [0.1, 0.15) is 0 Å². The third-order valence-corrected chi connectivity index (χ3v) is 7.95. The number of nitrogens with zero attached hydrogens (tertiary/aromatic N) is 2. The van der Waals surface area contributed by atoms with Crippen LogP contribution < -0.4 is 0 Å². The van der Waals surface area contributed by atoms with Gasteiger partial charge in [0.25, 0.3) is 0 Å². The molecule has 2 saturated heterocycles. The molecule has 0 aliphatic carbocycles. The van der Waals surface area contributed by atoms with Crippen molar-refractivity contribution < 1.29 is 29.3 Å². The monoisotopic (exact) mass is 524 g/mol. The molecule has 0 aromatic heterocycles. The maximum Gasteiger partial charge on any atom is 0.413 e.